The standard InChI is InChI=1S/C21H27N7/c1-16-4-2-5-17(14-16)28-12-10-27(11-13-28)9-3-8-23-20-18-6-7-19(22)26-21(18)25-15-24-20/h2,4-7,14-15H,3,8-13H2,1H3,(H3,22,23,24,25,26). The third kappa shape index (κ3) is 4.31. The van der Waals surface area contributed by atoms with Gasteiger partial charge in [-0.2, -0.15) is 0 Å². The first-order valence-corrected chi connectivity index (χ1v) is 9.84. The van der Waals surface area contributed by atoms with Gasteiger partial charge in [0.2, 0.25) is 0 Å². The highest BCUT2D eigenvalue weighted by atomic mass is 15.3. The Labute approximate surface area is 165 Å². The first kappa shape index (κ1) is 18.4. The normalized spacial score (nSPS) is 15.1. The highest BCUT2D eigenvalue weighted by molar-refractivity contribution is 5.86. The molecule has 0 unspecified atom stereocenters. The van der Waals surface area contributed by atoms with Crippen LogP contribution in [0.5, 0.6) is 0 Å². The average molecular weight is 377 g/mol. The number of nitrogens with zero attached hydrogens (tertiary/aromatic N) is 5. The second-order valence-corrected chi connectivity index (χ2v) is 7.28. The smallest absolute Gasteiger partial charge is 0.166 e. The molecule has 4 rings (SSSR count). The van der Waals surface area contributed by atoms with E-state index in [1.165, 1.54) is 17.6 Å². The molecular weight excluding hydrogens is 350 g/mol. The van der Waals surface area contributed by atoms with Crippen molar-refractivity contribution >= 4 is 28.4 Å². The number of pyridine rings is 1. The van der Waals surface area contributed by atoms with Gasteiger partial charge in [0, 0.05) is 38.4 Å². The van der Waals surface area contributed by atoms with Crippen LogP contribution in [-0.4, -0.2) is 59.1 Å². The summed E-state index contributed by atoms with van der Waals surface area (Å²) in [5.41, 5.74) is 9.02. The van der Waals surface area contributed by atoms with Gasteiger partial charge in [-0.1, -0.05) is 12.1 Å². The molecule has 0 amide bonds. The van der Waals surface area contributed by atoms with Crippen LogP contribution in [0.25, 0.3) is 11.0 Å². The monoisotopic (exact) mass is 377 g/mol. The Bertz CT molecular complexity index is 935. The average Bonchev–Trinajstić information content (AvgIpc) is 2.71. The van der Waals surface area contributed by atoms with Gasteiger partial charge in [0.15, 0.2) is 5.65 Å². The molecule has 1 aliphatic heterocycles. The Morgan fingerprint density at radius 2 is 1.93 bits per heavy atom. The first-order valence-electron chi connectivity index (χ1n) is 9.84. The lowest BCUT2D eigenvalue weighted by atomic mass is 10.2. The summed E-state index contributed by atoms with van der Waals surface area (Å²) >= 11 is 0. The molecule has 146 valence electrons. The third-order valence-corrected chi connectivity index (χ3v) is 5.20. The second-order valence-electron chi connectivity index (χ2n) is 7.28. The first-order chi connectivity index (χ1) is 13.7. The van der Waals surface area contributed by atoms with Crippen molar-refractivity contribution in [3.8, 4) is 0 Å². The lowest BCUT2D eigenvalue weighted by molar-refractivity contribution is 0.257. The number of nitrogens with one attached hydrogen (secondary N) is 1. The fourth-order valence-corrected chi connectivity index (χ4v) is 3.66. The van der Waals surface area contributed by atoms with Crippen LogP contribution in [0.3, 0.4) is 0 Å². The fourth-order valence-electron chi connectivity index (χ4n) is 3.66. The van der Waals surface area contributed by atoms with E-state index in [1.54, 1.807) is 6.07 Å². The lowest BCUT2D eigenvalue weighted by Crippen LogP contribution is -2.46. The predicted molar refractivity (Wildman–Crippen MR) is 115 cm³/mol. The number of aromatic nitrogens is 3. The van der Waals surface area contributed by atoms with Gasteiger partial charge in [0.05, 0.1) is 5.39 Å². The van der Waals surface area contributed by atoms with E-state index in [9.17, 15) is 0 Å². The van der Waals surface area contributed by atoms with E-state index in [-0.39, 0.29) is 0 Å². The van der Waals surface area contributed by atoms with E-state index in [1.807, 2.05) is 6.07 Å². The van der Waals surface area contributed by atoms with Crippen LogP contribution in [0.15, 0.2) is 42.7 Å². The van der Waals surface area contributed by atoms with Gasteiger partial charge in [0.25, 0.3) is 0 Å². The SMILES string of the molecule is Cc1cccc(N2CCN(CCCNc3ncnc4nc(N)ccc34)CC2)c1. The summed E-state index contributed by atoms with van der Waals surface area (Å²) in [7, 11) is 0. The zero-order valence-corrected chi connectivity index (χ0v) is 16.3. The number of rotatable bonds is 6. The molecular formula is C21H27N7. The molecule has 1 aromatic carbocycles. The largest absolute Gasteiger partial charge is 0.384 e. The quantitative estimate of drug-likeness (QED) is 0.639. The number of aryl methyl sites for hydroxylation is 1. The molecule has 7 heteroatoms. The molecule has 0 radical (unpaired) electrons. The van der Waals surface area contributed by atoms with E-state index in [2.05, 4.69) is 61.3 Å². The number of hydrogen-bond acceptors (Lipinski definition) is 7. The fraction of sp³-hybridized carbons (Fsp3) is 0.381. The number of benzene rings is 1. The van der Waals surface area contributed by atoms with E-state index in [0.717, 1.165) is 56.9 Å². The summed E-state index contributed by atoms with van der Waals surface area (Å²) in [5, 5.41) is 4.32. The van der Waals surface area contributed by atoms with E-state index in [0.29, 0.717) is 11.5 Å². The van der Waals surface area contributed by atoms with Gasteiger partial charge in [-0.25, -0.2) is 15.0 Å². The Morgan fingerprint density at radius 1 is 1.07 bits per heavy atom. The molecule has 1 fully saturated rings. The maximum atomic E-state index is 5.73. The van der Waals surface area contributed by atoms with Crippen LogP contribution < -0.4 is 16.0 Å². The van der Waals surface area contributed by atoms with Gasteiger partial charge in [-0.05, 0) is 49.7 Å². The molecule has 0 aliphatic carbocycles. The highest BCUT2D eigenvalue weighted by Crippen LogP contribution is 2.19. The summed E-state index contributed by atoms with van der Waals surface area (Å²) in [6, 6.07) is 12.5. The minimum atomic E-state index is 0.474. The lowest BCUT2D eigenvalue weighted by Gasteiger charge is -2.36. The molecule has 2 aromatic heterocycles. The molecule has 1 saturated heterocycles. The van der Waals surface area contributed by atoms with Crippen molar-refractivity contribution < 1.29 is 0 Å². The molecule has 0 spiro atoms. The van der Waals surface area contributed by atoms with Crippen LogP contribution in [-0.2, 0) is 0 Å². The van der Waals surface area contributed by atoms with Crippen molar-refractivity contribution in [1.29, 1.82) is 0 Å². The molecule has 0 saturated carbocycles. The summed E-state index contributed by atoms with van der Waals surface area (Å²) in [5.74, 6) is 1.30. The van der Waals surface area contributed by atoms with Gasteiger partial charge >= 0.3 is 0 Å². The zero-order valence-electron chi connectivity index (χ0n) is 16.3. The summed E-state index contributed by atoms with van der Waals surface area (Å²) in [6.07, 6.45) is 2.60. The summed E-state index contributed by atoms with van der Waals surface area (Å²) in [6.45, 7) is 8.48. The van der Waals surface area contributed by atoms with Crippen molar-refractivity contribution in [2.45, 2.75) is 13.3 Å². The number of piperazine rings is 1. The molecule has 1 aliphatic rings. The highest BCUT2D eigenvalue weighted by Gasteiger charge is 2.16. The summed E-state index contributed by atoms with van der Waals surface area (Å²) < 4.78 is 0. The van der Waals surface area contributed by atoms with Gasteiger partial charge in [-0.15, -0.1) is 0 Å². The van der Waals surface area contributed by atoms with Gasteiger partial charge in [-0.3, -0.25) is 4.90 Å². The minimum Gasteiger partial charge on any atom is -0.384 e. The molecule has 0 atom stereocenters. The van der Waals surface area contributed by atoms with Crippen LogP contribution in [0.2, 0.25) is 0 Å². The Balaban J connectivity index is 1.24. The molecule has 3 N–H and O–H groups in total. The number of hydrogen-bond donors (Lipinski definition) is 2. The Hall–Kier alpha value is -2.93. The Kier molecular flexibility index (Phi) is 5.53. The number of fused-ring (bicyclic) bond motifs is 1. The van der Waals surface area contributed by atoms with E-state index >= 15 is 0 Å². The van der Waals surface area contributed by atoms with Crippen LogP contribution in [0, 0.1) is 6.92 Å². The van der Waals surface area contributed by atoms with E-state index in [4.69, 9.17) is 5.73 Å². The maximum Gasteiger partial charge on any atom is 0.166 e. The third-order valence-electron chi connectivity index (χ3n) is 5.20. The molecule has 3 heterocycles. The number of nitrogen functional groups attached to an aromatic ring is 1. The number of anilines is 3. The van der Waals surface area contributed by atoms with Gasteiger partial charge < -0.3 is 16.0 Å². The minimum absolute atomic E-state index is 0.474. The number of nitrogens with two attached hydrogens (primary N) is 1. The summed E-state index contributed by atoms with van der Waals surface area (Å²) in [4.78, 5) is 17.8. The van der Waals surface area contributed by atoms with Crippen molar-refractivity contribution in [3.05, 3.63) is 48.3 Å². The predicted octanol–water partition coefficient (Wildman–Crippen LogP) is 2.54. The maximum absolute atomic E-state index is 5.73. The molecule has 7 nitrogen and oxygen atoms in total. The van der Waals surface area contributed by atoms with Crippen LogP contribution >= 0.6 is 0 Å². The van der Waals surface area contributed by atoms with Gasteiger partial charge in [0.1, 0.15) is 18.0 Å². The Morgan fingerprint density at radius 3 is 2.75 bits per heavy atom. The molecule has 28 heavy (non-hydrogen) atoms. The van der Waals surface area contributed by atoms with Crippen molar-refractivity contribution in [2.24, 2.45) is 0 Å². The zero-order chi connectivity index (χ0) is 19.3. The molecule has 3 aromatic rings. The second kappa shape index (κ2) is 8.39. The van der Waals surface area contributed by atoms with Crippen molar-refractivity contribution in [1.82, 2.24) is 19.9 Å². The van der Waals surface area contributed by atoms with E-state index < -0.39 is 0 Å². The molecule has 0 bridgehead atoms. The van der Waals surface area contributed by atoms with Crippen molar-refractivity contribution in [3.63, 3.8) is 0 Å². The van der Waals surface area contributed by atoms with Crippen LogP contribution in [0.4, 0.5) is 17.3 Å². The topological polar surface area (TPSA) is 83.2 Å². The van der Waals surface area contributed by atoms with Crippen LogP contribution in [0.1, 0.15) is 12.0 Å². The van der Waals surface area contributed by atoms with Crippen molar-refractivity contribution in [2.75, 3.05) is 55.2 Å².